The number of amides is 2. The van der Waals surface area contributed by atoms with E-state index in [0.29, 0.717) is 10.7 Å². The van der Waals surface area contributed by atoms with Crippen LogP contribution in [-0.4, -0.2) is 16.6 Å². The maximum absolute atomic E-state index is 12.8. The van der Waals surface area contributed by atoms with Crippen molar-refractivity contribution in [2.75, 3.05) is 5.32 Å². The molecule has 0 spiro atoms. The first kappa shape index (κ1) is 15.7. The zero-order valence-electron chi connectivity index (χ0n) is 11.8. The Labute approximate surface area is 129 Å². The molecule has 21 heavy (non-hydrogen) atoms. The number of hydrogen-bond acceptors (Lipinski definition) is 2. The third-order valence-electron chi connectivity index (χ3n) is 3.88. The molecule has 1 saturated carbocycles. The van der Waals surface area contributed by atoms with E-state index in [9.17, 15) is 9.18 Å². The minimum Gasteiger partial charge on any atom is -0.391 e. The van der Waals surface area contributed by atoms with E-state index in [0.717, 1.165) is 38.5 Å². The van der Waals surface area contributed by atoms with Gasteiger partial charge in [-0.2, -0.15) is 0 Å². The highest BCUT2D eigenvalue weighted by Gasteiger charge is 2.35. The van der Waals surface area contributed by atoms with Gasteiger partial charge in [0, 0.05) is 5.69 Å². The summed E-state index contributed by atoms with van der Waals surface area (Å²) in [4.78, 5) is 12.5. The Morgan fingerprint density at radius 2 is 1.71 bits per heavy atom. The Balaban J connectivity index is 2.04. The lowest BCUT2D eigenvalue weighted by Crippen LogP contribution is -2.57. The summed E-state index contributed by atoms with van der Waals surface area (Å²) in [7, 11) is 0. The summed E-state index contributed by atoms with van der Waals surface area (Å²) in [5.74, 6) is -0.343. The predicted octanol–water partition coefficient (Wildman–Crippen LogP) is 3.33. The van der Waals surface area contributed by atoms with Crippen LogP contribution in [0.5, 0.6) is 0 Å². The zero-order chi connectivity index (χ0) is 15.3. The van der Waals surface area contributed by atoms with Gasteiger partial charge in [-0.3, -0.25) is 0 Å². The molecule has 6 heteroatoms. The van der Waals surface area contributed by atoms with Gasteiger partial charge in [0.05, 0.1) is 10.5 Å². The van der Waals surface area contributed by atoms with Gasteiger partial charge in [-0.05, 0) is 37.1 Å². The first-order valence-corrected chi connectivity index (χ1v) is 7.57. The molecule has 1 aromatic rings. The van der Waals surface area contributed by atoms with Crippen LogP contribution in [0.2, 0.25) is 0 Å². The van der Waals surface area contributed by atoms with Crippen LogP contribution in [0.25, 0.3) is 0 Å². The number of halogens is 1. The molecule has 0 heterocycles. The van der Waals surface area contributed by atoms with Crippen LogP contribution in [0.3, 0.4) is 0 Å². The molecule has 1 aliphatic rings. The Bertz CT molecular complexity index is 510. The summed E-state index contributed by atoms with van der Waals surface area (Å²) in [5.41, 5.74) is 5.79. The number of carbonyl (C=O) groups excluding carboxylic acids is 1. The molecule has 0 radical (unpaired) electrons. The van der Waals surface area contributed by atoms with Crippen molar-refractivity contribution in [3.8, 4) is 0 Å². The zero-order valence-corrected chi connectivity index (χ0v) is 12.6. The van der Waals surface area contributed by atoms with E-state index in [1.54, 1.807) is 0 Å². The van der Waals surface area contributed by atoms with E-state index in [1.807, 2.05) is 0 Å². The van der Waals surface area contributed by atoms with Crippen LogP contribution in [0, 0.1) is 5.82 Å². The first-order chi connectivity index (χ1) is 10.0. The lowest BCUT2D eigenvalue weighted by Gasteiger charge is -2.32. The van der Waals surface area contributed by atoms with Crippen molar-refractivity contribution in [3.63, 3.8) is 0 Å². The van der Waals surface area contributed by atoms with Crippen LogP contribution in [0.15, 0.2) is 24.3 Å². The number of hydrogen-bond donors (Lipinski definition) is 3. The van der Waals surface area contributed by atoms with Crippen LogP contribution >= 0.6 is 12.2 Å². The minimum absolute atomic E-state index is 0.332. The third kappa shape index (κ3) is 4.14. The average Bonchev–Trinajstić information content (AvgIpc) is 2.68. The molecule has 114 valence electrons. The van der Waals surface area contributed by atoms with Crippen LogP contribution in [-0.2, 0) is 0 Å². The fourth-order valence-electron chi connectivity index (χ4n) is 2.68. The molecule has 4 nitrogen and oxygen atoms in total. The SMILES string of the molecule is NC(=S)C1(NC(=O)Nc2ccc(F)cc2)CCCCCC1. The molecule has 1 aromatic carbocycles. The number of anilines is 1. The number of benzene rings is 1. The maximum Gasteiger partial charge on any atom is 0.320 e. The van der Waals surface area contributed by atoms with Crippen molar-refractivity contribution in [1.82, 2.24) is 5.32 Å². The summed E-state index contributed by atoms with van der Waals surface area (Å²) in [6, 6.07) is 5.25. The second kappa shape index (κ2) is 6.85. The van der Waals surface area contributed by atoms with E-state index in [4.69, 9.17) is 18.0 Å². The predicted molar refractivity (Wildman–Crippen MR) is 85.8 cm³/mol. The maximum atomic E-state index is 12.8. The second-order valence-corrected chi connectivity index (χ2v) is 5.89. The van der Waals surface area contributed by atoms with Crippen molar-refractivity contribution in [3.05, 3.63) is 30.1 Å². The van der Waals surface area contributed by atoms with Crippen molar-refractivity contribution in [2.24, 2.45) is 5.73 Å². The average molecular weight is 309 g/mol. The molecule has 0 aliphatic heterocycles. The van der Waals surface area contributed by atoms with Gasteiger partial charge in [-0.15, -0.1) is 0 Å². The Hall–Kier alpha value is -1.69. The Kier molecular flexibility index (Phi) is 5.12. The molecule has 2 amide bonds. The van der Waals surface area contributed by atoms with Gasteiger partial charge in [-0.25, -0.2) is 9.18 Å². The van der Waals surface area contributed by atoms with E-state index in [2.05, 4.69) is 10.6 Å². The Morgan fingerprint density at radius 3 is 2.24 bits per heavy atom. The minimum atomic E-state index is -0.615. The van der Waals surface area contributed by atoms with Gasteiger partial charge in [0.2, 0.25) is 0 Å². The van der Waals surface area contributed by atoms with Gasteiger partial charge in [-0.1, -0.05) is 37.9 Å². The molecule has 1 fully saturated rings. The van der Waals surface area contributed by atoms with Crippen LogP contribution in [0.4, 0.5) is 14.9 Å². The van der Waals surface area contributed by atoms with Crippen molar-refractivity contribution in [2.45, 2.75) is 44.1 Å². The summed E-state index contributed by atoms with van der Waals surface area (Å²) < 4.78 is 12.8. The van der Waals surface area contributed by atoms with Crippen LogP contribution < -0.4 is 16.4 Å². The van der Waals surface area contributed by atoms with Gasteiger partial charge < -0.3 is 16.4 Å². The van der Waals surface area contributed by atoms with Gasteiger partial charge in [0.25, 0.3) is 0 Å². The molecule has 1 aliphatic carbocycles. The highest BCUT2D eigenvalue weighted by molar-refractivity contribution is 7.80. The number of urea groups is 1. The topological polar surface area (TPSA) is 67.1 Å². The van der Waals surface area contributed by atoms with E-state index < -0.39 is 5.54 Å². The normalized spacial score (nSPS) is 17.6. The van der Waals surface area contributed by atoms with Gasteiger partial charge >= 0.3 is 6.03 Å². The largest absolute Gasteiger partial charge is 0.391 e. The van der Waals surface area contributed by atoms with Crippen molar-refractivity contribution >= 4 is 28.9 Å². The fourth-order valence-corrected chi connectivity index (χ4v) is 2.93. The van der Waals surface area contributed by atoms with E-state index in [-0.39, 0.29) is 11.8 Å². The van der Waals surface area contributed by atoms with E-state index >= 15 is 0 Å². The summed E-state index contributed by atoms with van der Waals surface area (Å²) in [6.45, 7) is 0. The lowest BCUT2D eigenvalue weighted by atomic mass is 9.90. The first-order valence-electron chi connectivity index (χ1n) is 7.16. The monoisotopic (exact) mass is 309 g/mol. The number of thiocarbonyl (C=S) groups is 1. The van der Waals surface area contributed by atoms with E-state index in [1.165, 1.54) is 24.3 Å². The van der Waals surface area contributed by atoms with Crippen molar-refractivity contribution < 1.29 is 9.18 Å². The smallest absolute Gasteiger partial charge is 0.320 e. The van der Waals surface area contributed by atoms with Gasteiger partial charge in [0.1, 0.15) is 5.82 Å². The quantitative estimate of drug-likeness (QED) is 0.592. The summed E-state index contributed by atoms with van der Waals surface area (Å²) in [6.07, 6.45) is 5.78. The number of nitrogens with two attached hydrogens (primary N) is 1. The summed E-state index contributed by atoms with van der Waals surface area (Å²) >= 11 is 5.17. The standard InChI is InChI=1S/C15H20FN3OS/c16-11-5-7-12(8-6-11)18-14(20)19-15(13(17)21)9-3-1-2-4-10-15/h5-8H,1-4,9-10H2,(H2,17,21)(H2,18,19,20). The molecule has 4 N–H and O–H groups in total. The molecular weight excluding hydrogens is 289 g/mol. The third-order valence-corrected chi connectivity index (χ3v) is 4.27. The molecule has 0 aromatic heterocycles. The number of carbonyl (C=O) groups is 1. The highest BCUT2D eigenvalue weighted by atomic mass is 32.1. The molecule has 0 atom stereocenters. The Morgan fingerprint density at radius 1 is 1.14 bits per heavy atom. The second-order valence-electron chi connectivity index (χ2n) is 5.45. The molecular formula is C15H20FN3OS. The molecule has 0 unspecified atom stereocenters. The fraction of sp³-hybridized carbons (Fsp3) is 0.467. The molecule has 2 rings (SSSR count). The molecule has 0 saturated heterocycles. The number of nitrogens with one attached hydrogen (secondary N) is 2. The van der Waals surface area contributed by atoms with Crippen molar-refractivity contribution in [1.29, 1.82) is 0 Å². The summed E-state index contributed by atoms with van der Waals surface area (Å²) in [5, 5.41) is 5.61. The highest BCUT2D eigenvalue weighted by Crippen LogP contribution is 2.27. The number of rotatable bonds is 3. The lowest BCUT2D eigenvalue weighted by molar-refractivity contribution is 0.242. The molecule has 0 bridgehead atoms. The van der Waals surface area contributed by atoms with Crippen LogP contribution in [0.1, 0.15) is 38.5 Å². The van der Waals surface area contributed by atoms with Gasteiger partial charge in [0.15, 0.2) is 0 Å².